The molecule has 1 rings (SSSR count). The number of hydrogen-bond acceptors (Lipinski definition) is 4. The molecule has 13 heavy (non-hydrogen) atoms. The van der Waals surface area contributed by atoms with E-state index in [1.807, 2.05) is 0 Å². The minimum Gasteiger partial charge on any atom is -0.396 e. The minimum absolute atomic E-state index is 0.0966. The third-order valence-corrected chi connectivity index (χ3v) is 1.85. The maximum Gasteiger partial charge on any atom is 0.250 e. The van der Waals surface area contributed by atoms with Crippen LogP contribution < -0.4 is 10.6 Å². The van der Waals surface area contributed by atoms with E-state index in [2.05, 4.69) is 10.6 Å². The van der Waals surface area contributed by atoms with Crippen LogP contribution in [0.1, 0.15) is 6.42 Å². The van der Waals surface area contributed by atoms with E-state index < -0.39 is 0 Å². The Kier molecular flexibility index (Phi) is 4.74. The van der Waals surface area contributed by atoms with Gasteiger partial charge >= 0.3 is 0 Å². The van der Waals surface area contributed by atoms with Crippen LogP contribution in [0.4, 0.5) is 0 Å². The number of carbonyl (C=O) groups excluding carboxylic acids is 1. The zero-order valence-corrected chi connectivity index (χ0v) is 7.58. The summed E-state index contributed by atoms with van der Waals surface area (Å²) in [5.41, 5.74) is 0. The third-order valence-electron chi connectivity index (χ3n) is 1.85. The lowest BCUT2D eigenvalue weighted by atomic mass is 10.3. The number of carbonyl (C=O) groups is 1. The third kappa shape index (κ3) is 3.71. The summed E-state index contributed by atoms with van der Waals surface area (Å²) < 4.78 is 5.23. The molecule has 0 radical (unpaired) electrons. The largest absolute Gasteiger partial charge is 0.396 e. The summed E-state index contributed by atoms with van der Waals surface area (Å²) in [6.07, 6.45) is 0.221. The van der Waals surface area contributed by atoms with Gasteiger partial charge in [0, 0.05) is 26.2 Å². The molecule has 5 heteroatoms. The van der Waals surface area contributed by atoms with Gasteiger partial charge in [0.2, 0.25) is 5.91 Å². The molecule has 1 aliphatic heterocycles. The molecule has 1 atom stereocenters. The van der Waals surface area contributed by atoms with Gasteiger partial charge < -0.3 is 20.5 Å². The fraction of sp³-hybridized carbons (Fsp3) is 0.875. The molecule has 1 heterocycles. The molecular formula is C8H16N2O3. The summed E-state index contributed by atoms with van der Waals surface area (Å²) >= 11 is 0. The van der Waals surface area contributed by atoms with Crippen LogP contribution in [-0.2, 0) is 9.53 Å². The molecule has 1 unspecified atom stereocenters. The van der Waals surface area contributed by atoms with Crippen LogP contribution in [0.3, 0.4) is 0 Å². The predicted molar refractivity (Wildman–Crippen MR) is 47.3 cm³/mol. The molecule has 0 aromatic carbocycles. The van der Waals surface area contributed by atoms with Crippen molar-refractivity contribution in [3.63, 3.8) is 0 Å². The highest BCUT2D eigenvalue weighted by Crippen LogP contribution is 1.95. The summed E-state index contributed by atoms with van der Waals surface area (Å²) in [6.45, 7) is 2.57. The van der Waals surface area contributed by atoms with Crippen LogP contribution in [0, 0.1) is 0 Å². The van der Waals surface area contributed by atoms with Gasteiger partial charge in [-0.3, -0.25) is 4.79 Å². The number of nitrogens with one attached hydrogen (secondary N) is 2. The average Bonchev–Trinajstić information content (AvgIpc) is 2.19. The van der Waals surface area contributed by atoms with Gasteiger partial charge in [-0.1, -0.05) is 0 Å². The van der Waals surface area contributed by atoms with Gasteiger partial charge in [-0.2, -0.15) is 0 Å². The Morgan fingerprint density at radius 2 is 2.54 bits per heavy atom. The van der Waals surface area contributed by atoms with Gasteiger partial charge in [0.05, 0.1) is 6.61 Å². The minimum atomic E-state index is -0.368. The Balaban J connectivity index is 2.13. The Bertz CT molecular complexity index is 157. The molecule has 0 bridgehead atoms. The zero-order valence-electron chi connectivity index (χ0n) is 7.58. The van der Waals surface area contributed by atoms with Crippen LogP contribution in [0.15, 0.2) is 0 Å². The zero-order chi connectivity index (χ0) is 9.52. The molecule has 0 saturated carbocycles. The smallest absolute Gasteiger partial charge is 0.250 e. The Morgan fingerprint density at radius 1 is 1.69 bits per heavy atom. The second-order valence-corrected chi connectivity index (χ2v) is 2.93. The fourth-order valence-electron chi connectivity index (χ4n) is 1.14. The maximum absolute atomic E-state index is 11.3. The van der Waals surface area contributed by atoms with Crippen molar-refractivity contribution >= 4 is 5.91 Å². The van der Waals surface area contributed by atoms with Gasteiger partial charge in [0.1, 0.15) is 6.10 Å². The number of hydrogen-bond donors (Lipinski definition) is 3. The quantitative estimate of drug-likeness (QED) is 0.468. The average molecular weight is 188 g/mol. The fourth-order valence-corrected chi connectivity index (χ4v) is 1.14. The molecule has 1 saturated heterocycles. The second kappa shape index (κ2) is 5.90. The topological polar surface area (TPSA) is 70.6 Å². The number of ether oxygens (including phenoxy) is 1. The van der Waals surface area contributed by atoms with Crippen molar-refractivity contribution < 1.29 is 14.6 Å². The lowest BCUT2D eigenvalue weighted by molar-refractivity contribution is -0.134. The van der Waals surface area contributed by atoms with E-state index in [1.54, 1.807) is 0 Å². The lowest BCUT2D eigenvalue weighted by Crippen LogP contribution is -2.48. The number of amides is 1. The summed E-state index contributed by atoms with van der Waals surface area (Å²) in [6, 6.07) is 0. The van der Waals surface area contributed by atoms with Gasteiger partial charge in [-0.15, -0.1) is 0 Å². The SMILES string of the molecule is O=C(NCCCO)C1CNCCO1. The van der Waals surface area contributed by atoms with E-state index in [1.165, 1.54) is 0 Å². The molecule has 0 spiro atoms. The van der Waals surface area contributed by atoms with E-state index in [0.29, 0.717) is 26.1 Å². The van der Waals surface area contributed by atoms with Crippen molar-refractivity contribution in [2.75, 3.05) is 32.8 Å². The van der Waals surface area contributed by atoms with Gasteiger partial charge in [0.25, 0.3) is 0 Å². The summed E-state index contributed by atoms with van der Waals surface area (Å²) in [5, 5.41) is 14.3. The highest BCUT2D eigenvalue weighted by molar-refractivity contribution is 5.81. The number of aliphatic hydroxyl groups excluding tert-OH is 1. The first-order valence-corrected chi connectivity index (χ1v) is 4.55. The normalized spacial score (nSPS) is 22.7. The second-order valence-electron chi connectivity index (χ2n) is 2.93. The first kappa shape index (κ1) is 10.4. The Labute approximate surface area is 77.5 Å². The molecule has 0 aliphatic carbocycles. The van der Waals surface area contributed by atoms with Crippen LogP contribution in [0.5, 0.6) is 0 Å². The first-order chi connectivity index (χ1) is 6.34. The molecule has 1 aliphatic rings. The van der Waals surface area contributed by atoms with E-state index in [4.69, 9.17) is 9.84 Å². The molecule has 1 fully saturated rings. The van der Waals surface area contributed by atoms with Gasteiger partial charge in [-0.25, -0.2) is 0 Å². The van der Waals surface area contributed by atoms with Crippen molar-refractivity contribution in [2.24, 2.45) is 0 Å². The summed E-state index contributed by atoms with van der Waals surface area (Å²) in [5.74, 6) is -0.0966. The Morgan fingerprint density at radius 3 is 3.15 bits per heavy atom. The van der Waals surface area contributed by atoms with Crippen LogP contribution in [0.25, 0.3) is 0 Å². The molecule has 3 N–H and O–H groups in total. The van der Waals surface area contributed by atoms with Crippen molar-refractivity contribution in [1.82, 2.24) is 10.6 Å². The van der Waals surface area contributed by atoms with Crippen LogP contribution in [0.2, 0.25) is 0 Å². The molecule has 0 aromatic rings. The van der Waals surface area contributed by atoms with Gasteiger partial charge in [0.15, 0.2) is 0 Å². The monoisotopic (exact) mass is 188 g/mol. The number of aliphatic hydroxyl groups is 1. The predicted octanol–water partition coefficient (Wildman–Crippen LogP) is -1.53. The standard InChI is InChI=1S/C8H16N2O3/c11-4-1-2-10-8(12)7-6-9-3-5-13-7/h7,9,11H,1-6H2,(H,10,12). The molecular weight excluding hydrogens is 172 g/mol. The van der Waals surface area contributed by atoms with Crippen molar-refractivity contribution in [3.8, 4) is 0 Å². The molecule has 1 amide bonds. The molecule has 0 aromatic heterocycles. The molecule has 5 nitrogen and oxygen atoms in total. The summed E-state index contributed by atoms with van der Waals surface area (Å²) in [7, 11) is 0. The number of morpholine rings is 1. The highest BCUT2D eigenvalue weighted by Gasteiger charge is 2.20. The van der Waals surface area contributed by atoms with Crippen LogP contribution >= 0.6 is 0 Å². The highest BCUT2D eigenvalue weighted by atomic mass is 16.5. The van der Waals surface area contributed by atoms with Crippen molar-refractivity contribution in [2.45, 2.75) is 12.5 Å². The van der Waals surface area contributed by atoms with E-state index >= 15 is 0 Å². The van der Waals surface area contributed by atoms with E-state index in [-0.39, 0.29) is 18.6 Å². The van der Waals surface area contributed by atoms with Crippen LogP contribution in [-0.4, -0.2) is 50.0 Å². The summed E-state index contributed by atoms with van der Waals surface area (Å²) in [4.78, 5) is 11.3. The van der Waals surface area contributed by atoms with Crippen molar-refractivity contribution in [3.05, 3.63) is 0 Å². The van der Waals surface area contributed by atoms with Crippen molar-refractivity contribution in [1.29, 1.82) is 0 Å². The first-order valence-electron chi connectivity index (χ1n) is 4.55. The Hall–Kier alpha value is -0.650. The van der Waals surface area contributed by atoms with E-state index in [0.717, 1.165) is 6.54 Å². The number of rotatable bonds is 4. The lowest BCUT2D eigenvalue weighted by Gasteiger charge is -2.22. The van der Waals surface area contributed by atoms with E-state index in [9.17, 15) is 4.79 Å². The van der Waals surface area contributed by atoms with Gasteiger partial charge in [-0.05, 0) is 6.42 Å². The maximum atomic E-state index is 11.3. The molecule has 76 valence electrons.